The number of halogens is 2. The Hall–Kier alpha value is -2.12. The lowest BCUT2D eigenvalue weighted by Gasteiger charge is -2.27. The molecular weight excluding hydrogens is 397 g/mol. The zero-order chi connectivity index (χ0) is 21.0. The fourth-order valence-electron chi connectivity index (χ4n) is 4.33. The Kier molecular flexibility index (Phi) is 5.07. The third kappa shape index (κ3) is 3.40. The number of carboxylic acid groups (broad SMARTS) is 1. The third-order valence-electron chi connectivity index (χ3n) is 6.40. The number of nitrogens with zero attached hydrogens (tertiary/aromatic N) is 3. The lowest BCUT2D eigenvalue weighted by atomic mass is 10.00. The Morgan fingerprint density at radius 3 is 2.59 bits per heavy atom. The van der Waals surface area contributed by atoms with Gasteiger partial charge in [-0.15, -0.1) is 0 Å². The molecule has 6 nitrogen and oxygen atoms in total. The fourth-order valence-corrected chi connectivity index (χ4v) is 4.72. The van der Waals surface area contributed by atoms with Crippen molar-refractivity contribution in [3.05, 3.63) is 38.9 Å². The molecule has 0 bridgehead atoms. The number of carbonyl (C=O) groups is 1. The minimum absolute atomic E-state index is 0.0436. The first-order valence-corrected chi connectivity index (χ1v) is 10.3. The van der Waals surface area contributed by atoms with Crippen LogP contribution in [0, 0.1) is 11.7 Å². The third-order valence-corrected chi connectivity index (χ3v) is 6.77. The number of aromatic nitrogens is 1. The van der Waals surface area contributed by atoms with Crippen LogP contribution in [0.2, 0.25) is 5.15 Å². The van der Waals surface area contributed by atoms with E-state index >= 15 is 4.39 Å². The van der Waals surface area contributed by atoms with Crippen LogP contribution in [0.3, 0.4) is 0 Å². The van der Waals surface area contributed by atoms with E-state index < -0.39 is 22.8 Å². The van der Waals surface area contributed by atoms with Gasteiger partial charge in [-0.3, -0.25) is 4.79 Å². The molecule has 1 aliphatic heterocycles. The van der Waals surface area contributed by atoms with Crippen molar-refractivity contribution < 1.29 is 14.3 Å². The summed E-state index contributed by atoms with van der Waals surface area (Å²) in [5, 5.41) is 9.44. The molecule has 2 aromatic rings. The highest BCUT2D eigenvalue weighted by Crippen LogP contribution is 2.41. The number of aromatic carboxylic acids is 1. The maximum absolute atomic E-state index is 15.0. The van der Waals surface area contributed by atoms with Gasteiger partial charge in [0.1, 0.15) is 16.5 Å². The minimum Gasteiger partial charge on any atom is -0.477 e. The maximum Gasteiger partial charge on any atom is 0.342 e. The number of hydrogen-bond acceptors (Lipinski definition) is 4. The van der Waals surface area contributed by atoms with Gasteiger partial charge in [-0.25, -0.2) is 9.18 Å². The van der Waals surface area contributed by atoms with E-state index in [1.165, 1.54) is 6.07 Å². The molecule has 2 atom stereocenters. The van der Waals surface area contributed by atoms with Crippen molar-refractivity contribution in [2.24, 2.45) is 5.92 Å². The highest BCUT2D eigenvalue weighted by atomic mass is 35.5. The molecule has 8 heteroatoms. The van der Waals surface area contributed by atoms with Gasteiger partial charge < -0.3 is 19.5 Å². The van der Waals surface area contributed by atoms with Crippen LogP contribution in [0.15, 0.2) is 16.9 Å². The fraction of sp³-hybridized carbons (Fsp3) is 0.524. The first kappa shape index (κ1) is 20.2. The van der Waals surface area contributed by atoms with Gasteiger partial charge in [0.15, 0.2) is 0 Å². The second-order valence-electron chi connectivity index (χ2n) is 8.42. The molecule has 0 spiro atoms. The molecule has 1 aromatic carbocycles. The standard InChI is InChI=1S/C21H25ClFN3O3/c1-11(24(2)3)12-6-7-25(10-12)17-9-16-14(8-15(17)23)19(27)18(21(28)29)20(22)26(16)13-4-5-13/h8-9,11-13H,4-7,10H2,1-3H3,(H,28,29)/t11-,12+/m1/s1. The second kappa shape index (κ2) is 7.29. The molecule has 1 aliphatic carbocycles. The first-order valence-electron chi connectivity index (χ1n) is 9.92. The molecule has 1 saturated carbocycles. The smallest absolute Gasteiger partial charge is 0.342 e. The zero-order valence-corrected chi connectivity index (χ0v) is 17.5. The van der Waals surface area contributed by atoms with Crippen LogP contribution in [-0.2, 0) is 0 Å². The van der Waals surface area contributed by atoms with Crippen LogP contribution in [0.25, 0.3) is 10.9 Å². The summed E-state index contributed by atoms with van der Waals surface area (Å²) in [5.74, 6) is -1.47. The van der Waals surface area contributed by atoms with Gasteiger partial charge in [0, 0.05) is 30.6 Å². The number of fused-ring (bicyclic) bond motifs is 1. The summed E-state index contributed by atoms with van der Waals surface area (Å²) < 4.78 is 16.7. The Balaban J connectivity index is 1.83. The molecule has 29 heavy (non-hydrogen) atoms. The van der Waals surface area contributed by atoms with E-state index in [1.54, 1.807) is 10.6 Å². The normalized spacial score (nSPS) is 20.6. The number of rotatable bonds is 5. The van der Waals surface area contributed by atoms with Crippen LogP contribution in [0.5, 0.6) is 0 Å². The lowest BCUT2D eigenvalue weighted by Crippen LogP contribution is -2.34. The largest absolute Gasteiger partial charge is 0.477 e. The van der Waals surface area contributed by atoms with E-state index in [4.69, 9.17) is 11.6 Å². The number of hydrogen-bond donors (Lipinski definition) is 1. The number of benzene rings is 1. The zero-order valence-electron chi connectivity index (χ0n) is 16.8. The SMILES string of the molecule is C[C@H]([C@H]1CCN(c2cc3c(cc2F)c(=O)c(C(=O)O)c(Cl)n3C2CC2)C1)N(C)C. The molecule has 1 aromatic heterocycles. The summed E-state index contributed by atoms with van der Waals surface area (Å²) >= 11 is 6.34. The van der Waals surface area contributed by atoms with Gasteiger partial charge in [0.05, 0.1) is 11.2 Å². The summed E-state index contributed by atoms with van der Waals surface area (Å²) in [6.07, 6.45) is 2.68. The van der Waals surface area contributed by atoms with Gasteiger partial charge in [-0.05, 0) is 58.3 Å². The highest BCUT2D eigenvalue weighted by molar-refractivity contribution is 6.33. The number of pyridine rings is 1. The second-order valence-corrected chi connectivity index (χ2v) is 8.78. The van der Waals surface area contributed by atoms with E-state index in [2.05, 4.69) is 11.8 Å². The minimum atomic E-state index is -1.39. The Bertz CT molecular complexity index is 1050. The molecule has 2 aliphatic rings. The molecule has 2 fully saturated rings. The average Bonchev–Trinajstić information content (AvgIpc) is 3.36. The van der Waals surface area contributed by atoms with Gasteiger partial charge in [0.25, 0.3) is 0 Å². The van der Waals surface area contributed by atoms with Crippen LogP contribution in [0.1, 0.15) is 42.6 Å². The monoisotopic (exact) mass is 421 g/mol. The van der Waals surface area contributed by atoms with E-state index in [9.17, 15) is 14.7 Å². The lowest BCUT2D eigenvalue weighted by molar-refractivity contribution is 0.0695. The van der Waals surface area contributed by atoms with Crippen LogP contribution < -0.4 is 10.3 Å². The quantitative estimate of drug-likeness (QED) is 0.747. The van der Waals surface area contributed by atoms with Crippen molar-refractivity contribution in [3.63, 3.8) is 0 Å². The number of carboxylic acids is 1. The van der Waals surface area contributed by atoms with Crippen LogP contribution in [0.4, 0.5) is 10.1 Å². The molecular formula is C21H25ClFN3O3. The van der Waals surface area contributed by atoms with Crippen molar-refractivity contribution in [1.29, 1.82) is 0 Å². The highest BCUT2D eigenvalue weighted by Gasteiger charge is 2.33. The van der Waals surface area contributed by atoms with Gasteiger partial charge >= 0.3 is 5.97 Å². The van der Waals surface area contributed by atoms with Crippen LogP contribution in [-0.4, -0.2) is 53.8 Å². The van der Waals surface area contributed by atoms with Crippen LogP contribution >= 0.6 is 11.6 Å². The van der Waals surface area contributed by atoms with E-state index in [0.29, 0.717) is 23.2 Å². The molecule has 1 saturated heterocycles. The number of anilines is 1. The van der Waals surface area contributed by atoms with Gasteiger partial charge in [-0.2, -0.15) is 0 Å². The Morgan fingerprint density at radius 2 is 2.00 bits per heavy atom. The molecule has 0 amide bonds. The summed E-state index contributed by atoms with van der Waals surface area (Å²) in [7, 11) is 4.08. The van der Waals surface area contributed by atoms with E-state index in [1.807, 2.05) is 19.0 Å². The maximum atomic E-state index is 15.0. The summed E-state index contributed by atoms with van der Waals surface area (Å²) in [4.78, 5) is 28.5. The molecule has 0 unspecified atom stereocenters. The first-order chi connectivity index (χ1) is 13.7. The van der Waals surface area contributed by atoms with Crippen molar-refractivity contribution in [2.45, 2.75) is 38.3 Å². The topological polar surface area (TPSA) is 65.8 Å². The van der Waals surface area contributed by atoms with Gasteiger partial charge in [0.2, 0.25) is 5.43 Å². The summed E-state index contributed by atoms with van der Waals surface area (Å²) in [6, 6.07) is 3.27. The van der Waals surface area contributed by atoms with Crippen molar-refractivity contribution in [2.75, 3.05) is 32.1 Å². The molecule has 2 heterocycles. The van der Waals surface area contributed by atoms with Gasteiger partial charge in [-0.1, -0.05) is 11.6 Å². The predicted octanol–water partition coefficient (Wildman–Crippen LogP) is 3.60. The molecule has 1 N–H and O–H groups in total. The Morgan fingerprint density at radius 1 is 1.31 bits per heavy atom. The average molecular weight is 422 g/mol. The summed E-state index contributed by atoms with van der Waals surface area (Å²) in [5.41, 5.74) is -0.272. The molecule has 156 valence electrons. The van der Waals surface area contributed by atoms with Crippen molar-refractivity contribution in [1.82, 2.24) is 9.47 Å². The van der Waals surface area contributed by atoms with E-state index in [-0.39, 0.29) is 16.6 Å². The van der Waals surface area contributed by atoms with Crippen molar-refractivity contribution >= 4 is 34.2 Å². The molecule has 4 rings (SSSR count). The molecule has 0 radical (unpaired) electrons. The van der Waals surface area contributed by atoms with Crippen molar-refractivity contribution in [3.8, 4) is 0 Å². The van der Waals surface area contributed by atoms with E-state index in [0.717, 1.165) is 32.4 Å². The predicted molar refractivity (Wildman–Crippen MR) is 112 cm³/mol. The summed E-state index contributed by atoms with van der Waals surface area (Å²) in [6.45, 7) is 3.64. The Labute approximate surface area is 173 Å².